The van der Waals surface area contributed by atoms with Gasteiger partial charge < -0.3 is 4.74 Å². The van der Waals surface area contributed by atoms with Crippen molar-refractivity contribution >= 4 is 40.8 Å². The Balaban J connectivity index is 2.80. The number of alkyl halides is 6. The number of esters is 1. The predicted molar refractivity (Wildman–Crippen MR) is 57.4 cm³/mol. The Morgan fingerprint density at radius 2 is 1.53 bits per heavy atom. The minimum absolute atomic E-state index is 0.245. The van der Waals surface area contributed by atoms with Gasteiger partial charge in [0.1, 0.15) is 5.75 Å². The smallest absolute Gasteiger partial charge is 0.420 e. The molecule has 1 aromatic carbocycles. The molecule has 0 atom stereocenters. The molecule has 0 aliphatic heterocycles. The summed E-state index contributed by atoms with van der Waals surface area (Å²) >= 11 is 16.6. The molecule has 0 radical (unpaired) electrons. The van der Waals surface area contributed by atoms with E-state index in [2.05, 4.69) is 4.74 Å². The molecule has 94 valence electrons. The summed E-state index contributed by atoms with van der Waals surface area (Å²) in [4.78, 5) is 10.5. The summed E-state index contributed by atoms with van der Waals surface area (Å²) in [7, 11) is 0. The highest BCUT2D eigenvalue weighted by Gasteiger charge is 2.41. The van der Waals surface area contributed by atoms with E-state index in [0.29, 0.717) is 0 Å². The molecule has 0 aliphatic carbocycles. The van der Waals surface area contributed by atoms with E-state index >= 15 is 0 Å². The van der Waals surface area contributed by atoms with Crippen LogP contribution in [0.25, 0.3) is 0 Å². The number of halogens is 6. The van der Waals surface area contributed by atoms with Crippen LogP contribution in [0, 0.1) is 0 Å². The first-order valence-corrected chi connectivity index (χ1v) is 5.20. The minimum Gasteiger partial charge on any atom is -0.420 e. The third kappa shape index (κ3) is 4.26. The Hall–Kier alpha value is -0.650. The number of ether oxygens (including phenoxy) is 1. The van der Waals surface area contributed by atoms with Gasteiger partial charge >= 0.3 is 12.1 Å². The summed E-state index contributed by atoms with van der Waals surface area (Å²) in [6, 6.07) is 4.68. The fourth-order valence-electron chi connectivity index (χ4n) is 0.877. The van der Waals surface area contributed by atoms with Crippen LogP contribution in [0.3, 0.4) is 0 Å². The Morgan fingerprint density at radius 3 is 1.88 bits per heavy atom. The average Bonchev–Trinajstić information content (AvgIpc) is 2.15. The molecule has 0 amide bonds. The van der Waals surface area contributed by atoms with Gasteiger partial charge in [-0.25, -0.2) is 4.79 Å². The maximum absolute atomic E-state index is 11.9. The van der Waals surface area contributed by atoms with E-state index in [1.165, 1.54) is 12.1 Å². The van der Waals surface area contributed by atoms with Crippen LogP contribution in [0.4, 0.5) is 13.2 Å². The summed E-state index contributed by atoms with van der Waals surface area (Å²) in [5.41, 5.74) is 0.245. The van der Waals surface area contributed by atoms with Crippen LogP contribution in [0.15, 0.2) is 24.3 Å². The zero-order valence-corrected chi connectivity index (χ0v) is 10.2. The molecule has 1 aromatic rings. The second-order valence-corrected chi connectivity index (χ2v) is 5.19. The van der Waals surface area contributed by atoms with Gasteiger partial charge in [-0.2, -0.15) is 13.2 Å². The van der Waals surface area contributed by atoms with Crippen molar-refractivity contribution in [2.45, 2.75) is 9.97 Å². The highest BCUT2D eigenvalue weighted by Crippen LogP contribution is 2.38. The monoisotopic (exact) mass is 306 g/mol. The third-order valence-corrected chi connectivity index (χ3v) is 2.28. The lowest BCUT2D eigenvalue weighted by atomic mass is 10.2. The number of hydrogen-bond acceptors (Lipinski definition) is 2. The van der Waals surface area contributed by atoms with Crippen LogP contribution < -0.4 is 4.74 Å². The first-order valence-electron chi connectivity index (χ1n) is 4.07. The van der Waals surface area contributed by atoms with Crippen LogP contribution in [0.2, 0.25) is 0 Å². The van der Waals surface area contributed by atoms with Crippen molar-refractivity contribution < 1.29 is 22.7 Å². The maximum Gasteiger partial charge on any atom is 0.491 e. The number of rotatable bonds is 1. The maximum atomic E-state index is 11.9. The Kier molecular flexibility index (Phi) is 4.17. The number of benzene rings is 1. The first-order chi connectivity index (χ1) is 7.60. The van der Waals surface area contributed by atoms with Gasteiger partial charge in [-0.3, -0.25) is 0 Å². The van der Waals surface area contributed by atoms with E-state index in [9.17, 15) is 18.0 Å². The quantitative estimate of drug-likeness (QED) is 0.445. The van der Waals surface area contributed by atoms with Gasteiger partial charge in [0, 0.05) is 5.56 Å². The van der Waals surface area contributed by atoms with E-state index in [1.54, 1.807) is 0 Å². The molecule has 0 saturated carbocycles. The number of hydrogen-bond donors (Lipinski definition) is 0. The van der Waals surface area contributed by atoms with E-state index in [0.717, 1.165) is 12.1 Å². The number of carbonyl (C=O) groups is 1. The van der Waals surface area contributed by atoms with Crippen LogP contribution in [-0.4, -0.2) is 12.1 Å². The second kappa shape index (κ2) is 4.92. The van der Waals surface area contributed by atoms with Crippen LogP contribution in [0.5, 0.6) is 5.75 Å². The highest BCUT2D eigenvalue weighted by atomic mass is 35.6. The van der Waals surface area contributed by atoms with Crippen molar-refractivity contribution in [2.24, 2.45) is 0 Å². The molecule has 0 saturated heterocycles. The molecule has 0 spiro atoms. The van der Waals surface area contributed by atoms with E-state index in [4.69, 9.17) is 34.8 Å². The fraction of sp³-hybridized carbons (Fsp3) is 0.222. The Morgan fingerprint density at radius 1 is 1.06 bits per heavy atom. The molecular weight excluding hydrogens is 303 g/mol. The largest absolute Gasteiger partial charge is 0.491 e. The topological polar surface area (TPSA) is 26.3 Å². The van der Waals surface area contributed by atoms with Crippen LogP contribution in [0.1, 0.15) is 5.56 Å². The average molecular weight is 307 g/mol. The lowest BCUT2D eigenvalue weighted by Crippen LogP contribution is -2.27. The standard InChI is InChI=1S/C9H4Cl3F3O2/c10-8(11,12)5-1-3-6(4-2-5)17-7(16)9(13,14)15/h1-4H. The van der Waals surface area contributed by atoms with Crippen molar-refractivity contribution in [3.63, 3.8) is 0 Å². The zero-order chi connectivity index (χ0) is 13.3. The van der Waals surface area contributed by atoms with E-state index in [-0.39, 0.29) is 11.3 Å². The Bertz CT molecular complexity index is 409. The SMILES string of the molecule is O=C(Oc1ccc(C(Cl)(Cl)Cl)cc1)C(F)(F)F. The summed E-state index contributed by atoms with van der Waals surface area (Å²) < 4.78 is 38.0. The number of carbonyl (C=O) groups excluding carboxylic acids is 1. The van der Waals surface area contributed by atoms with Gasteiger partial charge in [-0.05, 0) is 12.1 Å². The molecule has 0 aliphatic rings. The second-order valence-electron chi connectivity index (χ2n) is 2.91. The summed E-state index contributed by atoms with van der Waals surface area (Å²) in [5.74, 6) is -2.59. The van der Waals surface area contributed by atoms with Gasteiger partial charge in [0.05, 0.1) is 0 Å². The molecule has 0 heterocycles. The molecule has 0 fully saturated rings. The van der Waals surface area contributed by atoms with E-state index in [1.807, 2.05) is 0 Å². The molecule has 17 heavy (non-hydrogen) atoms. The summed E-state index contributed by atoms with van der Waals surface area (Å²) in [5, 5.41) is 0. The van der Waals surface area contributed by atoms with Crippen LogP contribution in [-0.2, 0) is 8.59 Å². The molecule has 0 N–H and O–H groups in total. The van der Waals surface area contributed by atoms with Crippen molar-refractivity contribution in [3.8, 4) is 5.75 Å². The minimum atomic E-state index is -5.05. The van der Waals surface area contributed by atoms with E-state index < -0.39 is 15.9 Å². The lowest BCUT2D eigenvalue weighted by Gasteiger charge is -2.12. The lowest BCUT2D eigenvalue weighted by molar-refractivity contribution is -0.189. The van der Waals surface area contributed by atoms with Crippen molar-refractivity contribution in [2.75, 3.05) is 0 Å². The molecule has 8 heteroatoms. The summed E-state index contributed by atoms with van der Waals surface area (Å²) in [6.07, 6.45) is -5.05. The van der Waals surface area contributed by atoms with Gasteiger partial charge in [0.25, 0.3) is 0 Å². The van der Waals surface area contributed by atoms with Crippen molar-refractivity contribution in [3.05, 3.63) is 29.8 Å². The molecule has 2 nitrogen and oxygen atoms in total. The Labute approximate surface area is 109 Å². The van der Waals surface area contributed by atoms with Crippen LogP contribution >= 0.6 is 34.8 Å². The third-order valence-electron chi connectivity index (χ3n) is 1.62. The molecular formula is C9H4Cl3F3O2. The highest BCUT2D eigenvalue weighted by molar-refractivity contribution is 6.66. The first kappa shape index (κ1) is 14.4. The zero-order valence-electron chi connectivity index (χ0n) is 7.89. The van der Waals surface area contributed by atoms with Crippen molar-refractivity contribution in [1.82, 2.24) is 0 Å². The molecule has 0 unspecified atom stereocenters. The van der Waals surface area contributed by atoms with Gasteiger partial charge in [0.2, 0.25) is 3.79 Å². The molecule has 1 rings (SSSR count). The normalized spacial score (nSPS) is 12.4. The predicted octanol–water partition coefficient (Wildman–Crippen LogP) is 3.98. The summed E-state index contributed by atoms with van der Waals surface area (Å²) in [6.45, 7) is 0. The fourth-order valence-corrected chi connectivity index (χ4v) is 1.25. The van der Waals surface area contributed by atoms with Gasteiger partial charge in [-0.1, -0.05) is 46.9 Å². The van der Waals surface area contributed by atoms with Crippen molar-refractivity contribution in [1.29, 1.82) is 0 Å². The van der Waals surface area contributed by atoms with Gasteiger partial charge in [0.15, 0.2) is 0 Å². The molecule has 0 aromatic heterocycles. The van der Waals surface area contributed by atoms with Gasteiger partial charge in [-0.15, -0.1) is 0 Å². The molecule has 0 bridgehead atoms.